The Hall–Kier alpha value is -3.94. The molecule has 8 nitrogen and oxygen atoms in total. The van der Waals surface area contributed by atoms with Crippen molar-refractivity contribution in [3.8, 4) is 17.1 Å². The van der Waals surface area contributed by atoms with Gasteiger partial charge < -0.3 is 19.6 Å². The molecule has 5 rings (SSSR count). The number of pyridine rings is 3. The fourth-order valence-corrected chi connectivity index (χ4v) is 4.03. The summed E-state index contributed by atoms with van der Waals surface area (Å²) in [6.07, 6.45) is 5.75. The second-order valence-corrected chi connectivity index (χ2v) is 7.66. The van der Waals surface area contributed by atoms with Gasteiger partial charge in [0.1, 0.15) is 11.3 Å². The summed E-state index contributed by atoms with van der Waals surface area (Å²) in [6.45, 7) is 2.40. The van der Waals surface area contributed by atoms with E-state index in [0.29, 0.717) is 35.9 Å². The Kier molecular flexibility index (Phi) is 4.54. The van der Waals surface area contributed by atoms with Gasteiger partial charge in [-0.2, -0.15) is 0 Å². The maximum absolute atomic E-state index is 13.0. The smallest absolute Gasteiger partial charge is 0.274 e. The molecule has 4 aromatic rings. The Morgan fingerprint density at radius 3 is 3.03 bits per heavy atom. The fraction of sp³-hybridized carbons (Fsp3) is 0.217. The molecule has 31 heavy (non-hydrogen) atoms. The van der Waals surface area contributed by atoms with Crippen molar-refractivity contribution in [2.75, 3.05) is 11.9 Å². The van der Waals surface area contributed by atoms with Gasteiger partial charge in [-0.15, -0.1) is 0 Å². The number of H-pyrrole nitrogens is 1. The molecule has 0 saturated carbocycles. The third-order valence-corrected chi connectivity index (χ3v) is 5.64. The van der Waals surface area contributed by atoms with Crippen molar-refractivity contribution in [1.82, 2.24) is 19.5 Å². The number of carbonyl (C=O) groups excluding carboxylic acids is 1. The minimum absolute atomic E-state index is 0.0994. The van der Waals surface area contributed by atoms with E-state index < -0.39 is 0 Å². The van der Waals surface area contributed by atoms with Crippen LogP contribution < -0.4 is 15.6 Å². The van der Waals surface area contributed by atoms with Gasteiger partial charge in [-0.05, 0) is 37.1 Å². The van der Waals surface area contributed by atoms with Gasteiger partial charge in [0, 0.05) is 42.2 Å². The van der Waals surface area contributed by atoms with Crippen LogP contribution in [0.2, 0.25) is 0 Å². The van der Waals surface area contributed by atoms with Crippen LogP contribution in [0.1, 0.15) is 23.5 Å². The Labute approximate surface area is 177 Å². The highest BCUT2D eigenvalue weighted by Crippen LogP contribution is 2.33. The van der Waals surface area contributed by atoms with Crippen LogP contribution in [0.4, 0.5) is 5.82 Å². The number of rotatable bonds is 3. The van der Waals surface area contributed by atoms with Crippen molar-refractivity contribution < 1.29 is 9.53 Å². The van der Waals surface area contributed by atoms with Gasteiger partial charge in [0.2, 0.25) is 11.8 Å². The topological polar surface area (TPSA) is 102 Å². The number of hydrogen-bond donors (Lipinski definition) is 2. The summed E-state index contributed by atoms with van der Waals surface area (Å²) in [6, 6.07) is 9.24. The third-order valence-electron chi connectivity index (χ3n) is 5.64. The van der Waals surface area contributed by atoms with Crippen LogP contribution in [0.15, 0.2) is 53.7 Å². The van der Waals surface area contributed by atoms with E-state index in [1.807, 2.05) is 25.1 Å². The van der Waals surface area contributed by atoms with Crippen LogP contribution in [-0.4, -0.2) is 32.0 Å². The first-order valence-corrected chi connectivity index (χ1v) is 10.1. The molecule has 2 N–H and O–H groups in total. The van der Waals surface area contributed by atoms with Gasteiger partial charge in [-0.25, -0.2) is 9.97 Å². The molecule has 0 bridgehead atoms. The minimum atomic E-state index is -0.349. The van der Waals surface area contributed by atoms with E-state index in [9.17, 15) is 9.59 Å². The largest absolute Gasteiger partial charge is 0.477 e. The summed E-state index contributed by atoms with van der Waals surface area (Å²) in [5.41, 5.74) is 3.70. The van der Waals surface area contributed by atoms with Crippen molar-refractivity contribution in [3.05, 3.63) is 70.4 Å². The summed E-state index contributed by atoms with van der Waals surface area (Å²) >= 11 is 0. The average molecular weight is 415 g/mol. The number of fused-ring (bicyclic) bond motifs is 2. The summed E-state index contributed by atoms with van der Waals surface area (Å²) in [5, 5.41) is 3.75. The number of aromatic amines is 1. The lowest BCUT2D eigenvalue weighted by Gasteiger charge is -2.24. The van der Waals surface area contributed by atoms with Crippen molar-refractivity contribution in [2.24, 2.45) is 7.05 Å². The first kappa shape index (κ1) is 19.0. The lowest BCUT2D eigenvalue weighted by atomic mass is 9.94. The molecule has 0 fully saturated rings. The van der Waals surface area contributed by atoms with Gasteiger partial charge >= 0.3 is 0 Å². The highest BCUT2D eigenvalue weighted by molar-refractivity contribution is 5.97. The highest BCUT2D eigenvalue weighted by Gasteiger charge is 2.28. The van der Waals surface area contributed by atoms with Crippen LogP contribution in [-0.2, 0) is 11.8 Å². The molecule has 0 spiro atoms. The van der Waals surface area contributed by atoms with Gasteiger partial charge in [-0.1, -0.05) is 12.1 Å². The van der Waals surface area contributed by atoms with Gasteiger partial charge in [0.15, 0.2) is 0 Å². The van der Waals surface area contributed by atoms with E-state index in [1.54, 1.807) is 37.8 Å². The molecule has 1 unspecified atom stereocenters. The third kappa shape index (κ3) is 3.26. The minimum Gasteiger partial charge on any atom is -0.477 e. The standard InChI is InChI=1S/C23H21N5O3/c1-13-5-6-18(27-21(29)15-8-11-31-22-16(15)4-3-9-25-22)26-19(13)17-12-28(2)23(30)20-14(17)7-10-24-20/h3-7,9-10,12,15,24H,8,11H2,1-2H3,(H,26,27,29). The Balaban J connectivity index is 1.51. The predicted octanol–water partition coefficient (Wildman–Crippen LogP) is 3.14. The number of nitrogens with zero attached hydrogens (tertiary/aromatic N) is 3. The molecule has 8 heteroatoms. The number of amides is 1. The number of carbonyl (C=O) groups is 1. The van der Waals surface area contributed by atoms with Crippen LogP contribution in [0.3, 0.4) is 0 Å². The van der Waals surface area contributed by atoms with Crippen molar-refractivity contribution in [3.63, 3.8) is 0 Å². The molecule has 156 valence electrons. The molecular formula is C23H21N5O3. The fourth-order valence-electron chi connectivity index (χ4n) is 4.03. The maximum Gasteiger partial charge on any atom is 0.274 e. The molecule has 0 aliphatic carbocycles. The first-order chi connectivity index (χ1) is 15.0. The number of ether oxygens (including phenoxy) is 1. The number of nitrogens with one attached hydrogen (secondary N) is 2. The van der Waals surface area contributed by atoms with Crippen molar-refractivity contribution >= 4 is 22.6 Å². The summed E-state index contributed by atoms with van der Waals surface area (Å²) in [4.78, 5) is 37.4. The molecule has 0 saturated heterocycles. The normalized spacial score (nSPS) is 15.4. The first-order valence-electron chi connectivity index (χ1n) is 10.1. The van der Waals surface area contributed by atoms with E-state index in [4.69, 9.17) is 9.72 Å². The van der Waals surface area contributed by atoms with E-state index >= 15 is 0 Å². The Bertz CT molecular complexity index is 1370. The van der Waals surface area contributed by atoms with Crippen LogP contribution in [0.5, 0.6) is 5.88 Å². The molecule has 1 aliphatic rings. The zero-order chi connectivity index (χ0) is 21.5. The molecule has 0 radical (unpaired) electrons. The molecule has 5 heterocycles. The predicted molar refractivity (Wildman–Crippen MR) is 117 cm³/mol. The maximum atomic E-state index is 13.0. The molecule has 0 aromatic carbocycles. The SMILES string of the molecule is Cc1ccc(NC(=O)C2CCOc3ncccc32)nc1-c1cn(C)c(=O)c2[nH]ccc12. The van der Waals surface area contributed by atoms with Crippen LogP contribution >= 0.6 is 0 Å². The molecule has 1 aliphatic heterocycles. The van der Waals surface area contributed by atoms with Crippen LogP contribution in [0.25, 0.3) is 22.2 Å². The molecule has 1 amide bonds. The molecule has 1 atom stereocenters. The number of anilines is 1. The molecular weight excluding hydrogens is 394 g/mol. The average Bonchev–Trinajstić information content (AvgIpc) is 3.27. The number of aromatic nitrogens is 4. The summed E-state index contributed by atoms with van der Waals surface area (Å²) in [7, 11) is 1.71. The Morgan fingerprint density at radius 2 is 2.16 bits per heavy atom. The quantitative estimate of drug-likeness (QED) is 0.535. The second-order valence-electron chi connectivity index (χ2n) is 7.66. The lowest BCUT2D eigenvalue weighted by molar-refractivity contribution is -0.118. The zero-order valence-corrected chi connectivity index (χ0v) is 17.2. The van der Waals surface area contributed by atoms with E-state index in [1.165, 1.54) is 4.57 Å². The number of aryl methyl sites for hydroxylation is 2. The number of hydrogen-bond acceptors (Lipinski definition) is 5. The van der Waals surface area contributed by atoms with Gasteiger partial charge in [0.25, 0.3) is 5.56 Å². The Morgan fingerprint density at radius 1 is 1.29 bits per heavy atom. The lowest BCUT2D eigenvalue weighted by Crippen LogP contribution is -2.27. The van der Waals surface area contributed by atoms with E-state index in [2.05, 4.69) is 15.3 Å². The summed E-state index contributed by atoms with van der Waals surface area (Å²) in [5.74, 6) is 0.469. The zero-order valence-electron chi connectivity index (χ0n) is 17.2. The summed E-state index contributed by atoms with van der Waals surface area (Å²) < 4.78 is 7.10. The van der Waals surface area contributed by atoms with Crippen molar-refractivity contribution in [2.45, 2.75) is 19.3 Å². The van der Waals surface area contributed by atoms with E-state index in [-0.39, 0.29) is 17.4 Å². The van der Waals surface area contributed by atoms with Crippen LogP contribution in [0, 0.1) is 6.92 Å². The highest BCUT2D eigenvalue weighted by atomic mass is 16.5. The monoisotopic (exact) mass is 415 g/mol. The van der Waals surface area contributed by atoms with Gasteiger partial charge in [-0.3, -0.25) is 9.59 Å². The molecule has 4 aromatic heterocycles. The second kappa shape index (κ2) is 7.39. The van der Waals surface area contributed by atoms with Crippen molar-refractivity contribution in [1.29, 1.82) is 0 Å². The van der Waals surface area contributed by atoms with E-state index in [0.717, 1.165) is 22.1 Å². The van der Waals surface area contributed by atoms with Gasteiger partial charge in [0.05, 0.1) is 18.2 Å².